The van der Waals surface area contributed by atoms with Crippen molar-refractivity contribution < 1.29 is 19.5 Å². The third kappa shape index (κ3) is 3.51. The second-order valence-electron chi connectivity index (χ2n) is 6.29. The van der Waals surface area contributed by atoms with Gasteiger partial charge in [-0.1, -0.05) is 30.3 Å². The van der Waals surface area contributed by atoms with E-state index >= 15 is 0 Å². The van der Waals surface area contributed by atoms with Crippen molar-refractivity contribution in [1.82, 2.24) is 10.6 Å². The van der Waals surface area contributed by atoms with Gasteiger partial charge in [-0.25, -0.2) is 4.79 Å². The summed E-state index contributed by atoms with van der Waals surface area (Å²) in [5.41, 5.74) is 0.627. The number of amides is 4. The first-order valence-electron chi connectivity index (χ1n) is 8.19. The molecule has 0 bridgehead atoms. The maximum Gasteiger partial charge on any atom is 0.322 e. The summed E-state index contributed by atoms with van der Waals surface area (Å²) in [6, 6.07) is 13.1. The number of carbonyl (C=O) groups is 3. The lowest BCUT2D eigenvalue weighted by Crippen LogP contribution is -2.40. The molecule has 0 spiro atoms. The van der Waals surface area contributed by atoms with E-state index in [1.807, 2.05) is 0 Å². The molecule has 4 amide bonds. The number of anilines is 1. The van der Waals surface area contributed by atoms with Gasteiger partial charge in [-0.3, -0.25) is 14.9 Å². The molecule has 134 valence electrons. The van der Waals surface area contributed by atoms with Crippen LogP contribution in [0.2, 0.25) is 0 Å². The number of hydrogen-bond acceptors (Lipinski definition) is 4. The number of urea groups is 1. The zero-order valence-corrected chi connectivity index (χ0v) is 14.2. The average Bonchev–Trinajstić information content (AvgIpc) is 2.87. The van der Waals surface area contributed by atoms with Gasteiger partial charge in [0.1, 0.15) is 11.3 Å². The summed E-state index contributed by atoms with van der Waals surface area (Å²) in [7, 11) is 0. The van der Waals surface area contributed by atoms with Gasteiger partial charge >= 0.3 is 6.03 Å². The summed E-state index contributed by atoms with van der Waals surface area (Å²) >= 11 is 0. The second-order valence-corrected chi connectivity index (χ2v) is 6.29. The van der Waals surface area contributed by atoms with Crippen molar-refractivity contribution in [1.29, 1.82) is 0 Å². The van der Waals surface area contributed by atoms with E-state index in [1.165, 1.54) is 0 Å². The highest BCUT2D eigenvalue weighted by Crippen LogP contribution is 2.26. The summed E-state index contributed by atoms with van der Waals surface area (Å²) in [6.07, 6.45) is 0.616. The van der Waals surface area contributed by atoms with Crippen molar-refractivity contribution >= 4 is 23.5 Å². The SMILES string of the molecule is CC1(c2cccc(NC(=O)CCc3ccccc3O)c2)NC(=O)NC1=O. The zero-order chi connectivity index (χ0) is 18.7. The highest BCUT2D eigenvalue weighted by Gasteiger charge is 2.43. The van der Waals surface area contributed by atoms with Gasteiger partial charge in [-0.05, 0) is 42.7 Å². The molecular weight excluding hydrogens is 334 g/mol. The molecule has 1 saturated heterocycles. The lowest BCUT2D eigenvalue weighted by atomic mass is 9.92. The minimum absolute atomic E-state index is 0.165. The molecule has 7 nitrogen and oxygen atoms in total. The van der Waals surface area contributed by atoms with E-state index in [0.717, 1.165) is 0 Å². The first-order chi connectivity index (χ1) is 12.4. The lowest BCUT2D eigenvalue weighted by Gasteiger charge is -2.21. The Morgan fingerprint density at radius 3 is 2.62 bits per heavy atom. The summed E-state index contributed by atoms with van der Waals surface area (Å²) in [6.45, 7) is 1.60. The molecule has 4 N–H and O–H groups in total. The van der Waals surface area contributed by atoms with Gasteiger partial charge in [0.15, 0.2) is 0 Å². The molecule has 1 unspecified atom stereocenters. The minimum Gasteiger partial charge on any atom is -0.508 e. The fourth-order valence-electron chi connectivity index (χ4n) is 2.85. The third-order valence-corrected chi connectivity index (χ3v) is 4.38. The molecule has 3 rings (SSSR count). The normalized spacial score (nSPS) is 19.0. The number of carbonyl (C=O) groups excluding carboxylic acids is 3. The Hall–Kier alpha value is -3.35. The number of phenolic OH excluding ortho intramolecular Hbond substituents is 1. The molecule has 0 aromatic heterocycles. The average molecular weight is 353 g/mol. The fourth-order valence-corrected chi connectivity index (χ4v) is 2.85. The molecule has 7 heteroatoms. The molecule has 2 aromatic carbocycles. The van der Waals surface area contributed by atoms with Crippen molar-refractivity contribution in [2.75, 3.05) is 5.32 Å². The molecule has 1 fully saturated rings. The monoisotopic (exact) mass is 353 g/mol. The number of rotatable bonds is 5. The van der Waals surface area contributed by atoms with Gasteiger partial charge in [0.05, 0.1) is 0 Å². The smallest absolute Gasteiger partial charge is 0.322 e. The van der Waals surface area contributed by atoms with Crippen LogP contribution >= 0.6 is 0 Å². The molecular formula is C19H19N3O4. The van der Waals surface area contributed by atoms with E-state index in [9.17, 15) is 19.5 Å². The van der Waals surface area contributed by atoms with Gasteiger partial charge in [0.25, 0.3) is 5.91 Å². The zero-order valence-electron chi connectivity index (χ0n) is 14.2. The standard InChI is InChI=1S/C19H19N3O4/c1-19(17(25)21-18(26)22-19)13-6-4-7-14(11-13)20-16(24)10-9-12-5-2-3-8-15(12)23/h2-8,11,23H,9-10H2,1H3,(H,20,24)(H2,21,22,25,26). The third-order valence-electron chi connectivity index (χ3n) is 4.38. The Bertz CT molecular complexity index is 881. The Balaban J connectivity index is 1.67. The quantitative estimate of drug-likeness (QED) is 0.617. The first kappa shape index (κ1) is 17.5. The molecule has 1 atom stereocenters. The lowest BCUT2D eigenvalue weighted by molar-refractivity contribution is -0.123. The van der Waals surface area contributed by atoms with Crippen LogP contribution in [0.3, 0.4) is 0 Å². The minimum atomic E-state index is -1.17. The largest absolute Gasteiger partial charge is 0.508 e. The van der Waals surface area contributed by atoms with Crippen LogP contribution in [0, 0.1) is 0 Å². The topological polar surface area (TPSA) is 108 Å². The fraction of sp³-hybridized carbons (Fsp3) is 0.211. The number of imide groups is 1. The van der Waals surface area contributed by atoms with Crippen LogP contribution in [-0.4, -0.2) is 23.0 Å². The molecule has 1 heterocycles. The molecule has 2 aromatic rings. The van der Waals surface area contributed by atoms with Crippen molar-refractivity contribution in [3.63, 3.8) is 0 Å². The van der Waals surface area contributed by atoms with Gasteiger partial charge in [0, 0.05) is 12.1 Å². The second kappa shape index (κ2) is 6.87. The van der Waals surface area contributed by atoms with Gasteiger partial charge < -0.3 is 15.7 Å². The maximum atomic E-state index is 12.2. The molecule has 0 aliphatic carbocycles. The number of nitrogens with one attached hydrogen (secondary N) is 3. The highest BCUT2D eigenvalue weighted by atomic mass is 16.3. The Morgan fingerprint density at radius 2 is 1.92 bits per heavy atom. The Kier molecular flexibility index (Phi) is 4.62. The van der Waals surface area contributed by atoms with E-state index < -0.39 is 17.5 Å². The molecule has 0 saturated carbocycles. The van der Waals surface area contributed by atoms with Crippen molar-refractivity contribution in [3.8, 4) is 5.75 Å². The maximum absolute atomic E-state index is 12.2. The van der Waals surface area contributed by atoms with E-state index in [4.69, 9.17) is 0 Å². The summed E-state index contributed by atoms with van der Waals surface area (Å²) < 4.78 is 0. The summed E-state index contributed by atoms with van der Waals surface area (Å²) in [4.78, 5) is 35.6. The number of benzene rings is 2. The van der Waals surface area contributed by atoms with E-state index in [-0.39, 0.29) is 18.1 Å². The van der Waals surface area contributed by atoms with Crippen LogP contribution in [0.15, 0.2) is 48.5 Å². The van der Waals surface area contributed by atoms with Crippen molar-refractivity contribution in [2.24, 2.45) is 0 Å². The van der Waals surface area contributed by atoms with Crippen LogP contribution in [-0.2, 0) is 21.5 Å². The van der Waals surface area contributed by atoms with Crippen LogP contribution in [0.25, 0.3) is 0 Å². The van der Waals surface area contributed by atoms with Crippen LogP contribution < -0.4 is 16.0 Å². The summed E-state index contributed by atoms with van der Waals surface area (Å²) in [5.74, 6) is -0.487. The predicted molar refractivity (Wildman–Crippen MR) is 95.5 cm³/mol. The van der Waals surface area contributed by atoms with Crippen LogP contribution in [0.1, 0.15) is 24.5 Å². The van der Waals surface area contributed by atoms with E-state index in [0.29, 0.717) is 23.2 Å². The number of para-hydroxylation sites is 1. The van der Waals surface area contributed by atoms with Crippen LogP contribution in [0.5, 0.6) is 5.75 Å². The van der Waals surface area contributed by atoms with Crippen molar-refractivity contribution in [2.45, 2.75) is 25.3 Å². The van der Waals surface area contributed by atoms with E-state index in [1.54, 1.807) is 55.5 Å². The summed E-state index contributed by atoms with van der Waals surface area (Å²) in [5, 5.41) is 17.3. The number of phenols is 1. The molecule has 0 radical (unpaired) electrons. The molecule has 1 aliphatic rings. The predicted octanol–water partition coefficient (Wildman–Crippen LogP) is 2.02. The number of hydrogen-bond donors (Lipinski definition) is 4. The highest BCUT2D eigenvalue weighted by molar-refractivity contribution is 6.07. The van der Waals surface area contributed by atoms with Gasteiger partial charge in [-0.2, -0.15) is 0 Å². The van der Waals surface area contributed by atoms with Gasteiger partial charge in [0.2, 0.25) is 5.91 Å². The van der Waals surface area contributed by atoms with Gasteiger partial charge in [-0.15, -0.1) is 0 Å². The van der Waals surface area contributed by atoms with E-state index in [2.05, 4.69) is 16.0 Å². The molecule has 26 heavy (non-hydrogen) atoms. The Labute approximate surface area is 150 Å². The number of aromatic hydroxyl groups is 1. The number of aryl methyl sites for hydroxylation is 1. The van der Waals surface area contributed by atoms with Crippen LogP contribution in [0.4, 0.5) is 10.5 Å². The van der Waals surface area contributed by atoms with Crippen molar-refractivity contribution in [3.05, 3.63) is 59.7 Å². The molecule has 1 aliphatic heterocycles. The Morgan fingerprint density at radius 1 is 1.15 bits per heavy atom. The first-order valence-corrected chi connectivity index (χ1v) is 8.19.